The van der Waals surface area contributed by atoms with Crippen molar-refractivity contribution >= 4 is 17.3 Å². The molecule has 5 heteroatoms. The maximum atomic E-state index is 12.9. The summed E-state index contributed by atoms with van der Waals surface area (Å²) in [7, 11) is 1.56. The zero-order valence-electron chi connectivity index (χ0n) is 11.9. The summed E-state index contributed by atoms with van der Waals surface area (Å²) < 4.78 is 18.1. The fraction of sp³-hybridized carbons (Fsp3) is 0.250. The molecule has 0 spiro atoms. The van der Waals surface area contributed by atoms with Crippen LogP contribution in [-0.4, -0.2) is 18.8 Å². The van der Waals surface area contributed by atoms with E-state index in [0.29, 0.717) is 16.3 Å². The van der Waals surface area contributed by atoms with E-state index in [1.54, 1.807) is 25.3 Å². The zero-order chi connectivity index (χ0) is 15.4. The van der Waals surface area contributed by atoms with E-state index in [2.05, 4.69) is 5.32 Å². The predicted octanol–water partition coefficient (Wildman–Crippen LogP) is 3.94. The summed E-state index contributed by atoms with van der Waals surface area (Å²) in [4.78, 5) is 0. The second-order valence-electron chi connectivity index (χ2n) is 4.75. The SMILES string of the molecule is COc1cc(Cl)c(C)cc1NCC(O)c1ccc(F)cc1. The number of hydrogen-bond donors (Lipinski definition) is 2. The Kier molecular flexibility index (Phi) is 5.04. The molecule has 0 aliphatic heterocycles. The normalized spacial score (nSPS) is 12.0. The van der Waals surface area contributed by atoms with Gasteiger partial charge in [0.05, 0.1) is 18.9 Å². The first-order valence-electron chi connectivity index (χ1n) is 6.53. The summed E-state index contributed by atoms with van der Waals surface area (Å²) in [6.45, 7) is 2.17. The summed E-state index contributed by atoms with van der Waals surface area (Å²) in [5.74, 6) is 0.283. The van der Waals surface area contributed by atoms with Crippen LogP contribution < -0.4 is 10.1 Å². The van der Waals surface area contributed by atoms with E-state index in [-0.39, 0.29) is 12.4 Å². The fourth-order valence-corrected chi connectivity index (χ4v) is 2.13. The van der Waals surface area contributed by atoms with Gasteiger partial charge in [0.1, 0.15) is 11.6 Å². The molecule has 1 atom stereocenters. The number of aryl methyl sites for hydroxylation is 1. The highest BCUT2D eigenvalue weighted by atomic mass is 35.5. The Balaban J connectivity index is 2.09. The lowest BCUT2D eigenvalue weighted by molar-refractivity contribution is 0.191. The number of aliphatic hydroxyl groups is 1. The summed E-state index contributed by atoms with van der Waals surface area (Å²) >= 11 is 6.05. The van der Waals surface area contributed by atoms with Gasteiger partial charge in [-0.05, 0) is 36.2 Å². The number of methoxy groups -OCH3 is 1. The Morgan fingerprint density at radius 1 is 1.29 bits per heavy atom. The predicted molar refractivity (Wildman–Crippen MR) is 82.6 cm³/mol. The van der Waals surface area contributed by atoms with Gasteiger partial charge in [-0.1, -0.05) is 23.7 Å². The maximum Gasteiger partial charge on any atom is 0.143 e. The lowest BCUT2D eigenvalue weighted by atomic mass is 10.1. The lowest BCUT2D eigenvalue weighted by Gasteiger charge is -2.16. The molecule has 3 nitrogen and oxygen atoms in total. The molecule has 0 aromatic heterocycles. The highest BCUT2D eigenvalue weighted by molar-refractivity contribution is 6.31. The lowest BCUT2D eigenvalue weighted by Crippen LogP contribution is -2.13. The van der Waals surface area contributed by atoms with Gasteiger partial charge >= 0.3 is 0 Å². The van der Waals surface area contributed by atoms with E-state index in [1.807, 2.05) is 13.0 Å². The van der Waals surface area contributed by atoms with E-state index in [0.717, 1.165) is 11.3 Å². The molecule has 1 unspecified atom stereocenters. The number of nitrogens with one attached hydrogen (secondary N) is 1. The summed E-state index contributed by atoms with van der Waals surface area (Å²) in [5, 5.41) is 13.8. The Morgan fingerprint density at radius 2 is 1.95 bits per heavy atom. The number of rotatable bonds is 5. The summed E-state index contributed by atoms with van der Waals surface area (Å²) in [5.41, 5.74) is 2.31. The molecule has 2 rings (SSSR count). The molecule has 21 heavy (non-hydrogen) atoms. The monoisotopic (exact) mass is 309 g/mol. The van der Waals surface area contributed by atoms with Crippen molar-refractivity contribution in [1.82, 2.24) is 0 Å². The van der Waals surface area contributed by atoms with Crippen molar-refractivity contribution < 1.29 is 14.2 Å². The minimum absolute atomic E-state index is 0.281. The van der Waals surface area contributed by atoms with E-state index in [4.69, 9.17) is 16.3 Å². The van der Waals surface area contributed by atoms with Crippen LogP contribution in [0.4, 0.5) is 10.1 Å². The van der Waals surface area contributed by atoms with Gasteiger partial charge < -0.3 is 15.2 Å². The van der Waals surface area contributed by atoms with Crippen LogP contribution in [0.2, 0.25) is 5.02 Å². The topological polar surface area (TPSA) is 41.5 Å². The molecule has 112 valence electrons. The van der Waals surface area contributed by atoms with Crippen molar-refractivity contribution in [1.29, 1.82) is 0 Å². The van der Waals surface area contributed by atoms with Crippen molar-refractivity contribution in [2.75, 3.05) is 19.0 Å². The number of halogens is 2. The molecule has 0 aliphatic rings. The van der Waals surface area contributed by atoms with Crippen LogP contribution >= 0.6 is 11.6 Å². The molecule has 0 aliphatic carbocycles. The highest BCUT2D eigenvalue weighted by Crippen LogP contribution is 2.31. The third-order valence-electron chi connectivity index (χ3n) is 3.22. The molecule has 0 radical (unpaired) electrons. The standard InChI is InChI=1S/C16H17ClFNO2/c1-10-7-14(16(21-2)8-13(10)17)19-9-15(20)11-3-5-12(18)6-4-11/h3-8,15,19-20H,9H2,1-2H3. The van der Waals surface area contributed by atoms with E-state index in [1.165, 1.54) is 12.1 Å². The molecule has 2 N–H and O–H groups in total. The van der Waals surface area contributed by atoms with Crippen molar-refractivity contribution in [2.24, 2.45) is 0 Å². The molecule has 0 fully saturated rings. The summed E-state index contributed by atoms with van der Waals surface area (Å²) in [6.07, 6.45) is -0.744. The van der Waals surface area contributed by atoms with Gasteiger partial charge in [0, 0.05) is 17.6 Å². The molecular formula is C16H17ClFNO2. The zero-order valence-corrected chi connectivity index (χ0v) is 12.6. The second-order valence-corrected chi connectivity index (χ2v) is 5.16. The Bertz CT molecular complexity index is 616. The molecule has 2 aromatic rings. The largest absolute Gasteiger partial charge is 0.495 e. The minimum Gasteiger partial charge on any atom is -0.495 e. The fourth-order valence-electron chi connectivity index (χ4n) is 1.98. The molecule has 0 saturated heterocycles. The average Bonchev–Trinajstić information content (AvgIpc) is 2.48. The third-order valence-corrected chi connectivity index (χ3v) is 3.63. The van der Waals surface area contributed by atoms with Gasteiger partial charge in [-0.25, -0.2) is 4.39 Å². The van der Waals surface area contributed by atoms with E-state index in [9.17, 15) is 9.50 Å². The summed E-state index contributed by atoms with van der Waals surface area (Å²) in [6, 6.07) is 9.36. The molecule has 0 amide bonds. The minimum atomic E-state index is -0.744. The first-order valence-corrected chi connectivity index (χ1v) is 6.90. The van der Waals surface area contributed by atoms with Crippen LogP contribution in [0.1, 0.15) is 17.2 Å². The number of anilines is 1. The first kappa shape index (κ1) is 15.6. The molecule has 2 aromatic carbocycles. The smallest absolute Gasteiger partial charge is 0.143 e. The van der Waals surface area contributed by atoms with E-state index >= 15 is 0 Å². The van der Waals surface area contributed by atoms with E-state index < -0.39 is 6.10 Å². The third kappa shape index (κ3) is 3.86. The molecule has 0 bridgehead atoms. The van der Waals surface area contributed by atoms with Crippen LogP contribution in [-0.2, 0) is 0 Å². The second kappa shape index (κ2) is 6.78. The van der Waals surface area contributed by atoms with Crippen molar-refractivity contribution in [2.45, 2.75) is 13.0 Å². The quantitative estimate of drug-likeness (QED) is 0.879. The van der Waals surface area contributed by atoms with Crippen molar-refractivity contribution in [3.63, 3.8) is 0 Å². The number of aliphatic hydroxyl groups excluding tert-OH is 1. The molecular weight excluding hydrogens is 293 g/mol. The Labute approximate surface area is 128 Å². The van der Waals surface area contributed by atoms with Crippen LogP contribution in [0.5, 0.6) is 5.75 Å². The molecule has 0 saturated carbocycles. The Morgan fingerprint density at radius 3 is 2.57 bits per heavy atom. The van der Waals surface area contributed by atoms with Gasteiger partial charge in [0.15, 0.2) is 0 Å². The average molecular weight is 310 g/mol. The number of benzene rings is 2. The van der Waals surface area contributed by atoms with Crippen LogP contribution in [0.15, 0.2) is 36.4 Å². The molecule has 0 heterocycles. The van der Waals surface area contributed by atoms with Gasteiger partial charge in [0.25, 0.3) is 0 Å². The van der Waals surface area contributed by atoms with Gasteiger partial charge in [0.2, 0.25) is 0 Å². The van der Waals surface area contributed by atoms with Crippen LogP contribution in [0.25, 0.3) is 0 Å². The number of hydrogen-bond acceptors (Lipinski definition) is 3. The van der Waals surface area contributed by atoms with Gasteiger partial charge in [-0.15, -0.1) is 0 Å². The maximum absolute atomic E-state index is 12.9. The Hall–Kier alpha value is -1.78. The van der Waals surface area contributed by atoms with Crippen LogP contribution in [0.3, 0.4) is 0 Å². The van der Waals surface area contributed by atoms with Crippen LogP contribution in [0, 0.1) is 12.7 Å². The number of ether oxygens (including phenoxy) is 1. The first-order chi connectivity index (χ1) is 10.0. The van der Waals surface area contributed by atoms with Gasteiger partial charge in [-0.3, -0.25) is 0 Å². The van der Waals surface area contributed by atoms with Crippen molar-refractivity contribution in [3.05, 3.63) is 58.4 Å². The van der Waals surface area contributed by atoms with Gasteiger partial charge in [-0.2, -0.15) is 0 Å². The van der Waals surface area contributed by atoms with Crippen molar-refractivity contribution in [3.8, 4) is 5.75 Å². The highest BCUT2D eigenvalue weighted by Gasteiger charge is 2.11.